The Morgan fingerprint density at radius 2 is 1.96 bits per heavy atom. The lowest BCUT2D eigenvalue weighted by Gasteiger charge is -2.14. The van der Waals surface area contributed by atoms with Crippen LogP contribution in [0.25, 0.3) is 5.69 Å². The molecule has 0 unspecified atom stereocenters. The highest BCUT2D eigenvalue weighted by Crippen LogP contribution is 2.29. The van der Waals surface area contributed by atoms with E-state index in [9.17, 15) is 9.59 Å². The third kappa shape index (κ3) is 2.38. The summed E-state index contributed by atoms with van der Waals surface area (Å²) >= 11 is 0. The molecule has 6 nitrogen and oxygen atoms in total. The van der Waals surface area contributed by atoms with E-state index < -0.39 is 11.9 Å². The van der Waals surface area contributed by atoms with Crippen molar-refractivity contribution in [3.8, 4) is 5.69 Å². The lowest BCUT2D eigenvalue weighted by Crippen LogP contribution is -2.31. The largest absolute Gasteiger partial charge is 0.481 e. The summed E-state index contributed by atoms with van der Waals surface area (Å²) in [4.78, 5) is 25.6. The fraction of sp³-hybridized carbons (Fsp3) is 0.389. The minimum Gasteiger partial charge on any atom is -0.481 e. The van der Waals surface area contributed by atoms with Crippen LogP contribution in [0.2, 0.25) is 0 Å². The molecule has 4 rings (SSSR count). The first-order chi connectivity index (χ1) is 11.6. The van der Waals surface area contributed by atoms with E-state index in [0.717, 1.165) is 36.2 Å². The monoisotopic (exact) mass is 325 g/mol. The number of carbonyl (C=O) groups excluding carboxylic acids is 1. The molecule has 0 saturated carbocycles. The van der Waals surface area contributed by atoms with E-state index in [1.807, 2.05) is 35.0 Å². The summed E-state index contributed by atoms with van der Waals surface area (Å²) in [6.07, 6.45) is 3.32. The number of aliphatic carboxylic acids is 1. The van der Waals surface area contributed by atoms with Gasteiger partial charge >= 0.3 is 5.97 Å². The fourth-order valence-electron chi connectivity index (χ4n) is 3.69. The zero-order valence-corrected chi connectivity index (χ0v) is 13.3. The molecule has 2 aromatic rings. The Hall–Kier alpha value is -2.63. The maximum atomic E-state index is 12.9. The Morgan fingerprint density at radius 1 is 1.17 bits per heavy atom. The molecule has 1 aromatic heterocycles. The van der Waals surface area contributed by atoms with Crippen LogP contribution in [0.15, 0.2) is 30.3 Å². The summed E-state index contributed by atoms with van der Waals surface area (Å²) in [5.74, 6) is -1.42. The third-order valence-electron chi connectivity index (χ3n) is 4.96. The predicted octanol–water partition coefficient (Wildman–Crippen LogP) is 1.91. The normalized spacial score (nSPS) is 19.5. The summed E-state index contributed by atoms with van der Waals surface area (Å²) in [5, 5.41) is 13.7. The van der Waals surface area contributed by atoms with Gasteiger partial charge in [0.2, 0.25) is 0 Å². The van der Waals surface area contributed by atoms with Crippen LogP contribution in [-0.2, 0) is 17.6 Å². The Balaban J connectivity index is 1.67. The second kappa shape index (κ2) is 5.78. The van der Waals surface area contributed by atoms with E-state index in [0.29, 0.717) is 18.7 Å². The van der Waals surface area contributed by atoms with Crippen molar-refractivity contribution in [1.82, 2.24) is 14.7 Å². The molecular weight excluding hydrogens is 306 g/mol. The molecule has 0 spiro atoms. The number of carbonyl (C=O) groups is 2. The highest BCUT2D eigenvalue weighted by atomic mass is 16.4. The van der Waals surface area contributed by atoms with Crippen LogP contribution in [-0.4, -0.2) is 44.8 Å². The SMILES string of the molecule is O=C(O)[C@H]1CCN(C(=O)c2nn(-c3ccccc3)c3c2CCC3)C1. The molecule has 6 heteroatoms. The Morgan fingerprint density at radius 3 is 2.67 bits per heavy atom. The summed E-state index contributed by atoms with van der Waals surface area (Å²) < 4.78 is 1.88. The van der Waals surface area contributed by atoms with Gasteiger partial charge in [0.1, 0.15) is 0 Å². The van der Waals surface area contributed by atoms with Crippen LogP contribution in [0.5, 0.6) is 0 Å². The van der Waals surface area contributed by atoms with Crippen molar-refractivity contribution in [2.45, 2.75) is 25.7 Å². The van der Waals surface area contributed by atoms with Gasteiger partial charge in [-0.25, -0.2) is 4.68 Å². The van der Waals surface area contributed by atoms with Crippen LogP contribution < -0.4 is 0 Å². The second-order valence-electron chi connectivity index (χ2n) is 6.45. The standard InChI is InChI=1S/C18H19N3O3/c22-17(20-10-9-12(11-20)18(23)24)16-14-7-4-8-15(14)21(19-16)13-5-2-1-3-6-13/h1-3,5-6,12H,4,7-11H2,(H,23,24)/t12-/m0/s1. The van der Waals surface area contributed by atoms with Gasteiger partial charge in [-0.3, -0.25) is 9.59 Å². The molecule has 1 N–H and O–H groups in total. The van der Waals surface area contributed by atoms with Gasteiger partial charge in [-0.1, -0.05) is 18.2 Å². The number of rotatable bonds is 3. The summed E-state index contributed by atoms with van der Waals surface area (Å²) in [7, 11) is 0. The smallest absolute Gasteiger partial charge is 0.308 e. The van der Waals surface area contributed by atoms with Gasteiger partial charge in [-0.05, 0) is 37.8 Å². The summed E-state index contributed by atoms with van der Waals surface area (Å²) in [5.41, 5.74) is 3.60. The maximum Gasteiger partial charge on any atom is 0.308 e. The molecule has 1 aliphatic heterocycles. The molecule has 1 fully saturated rings. The van der Waals surface area contributed by atoms with Gasteiger partial charge in [0.05, 0.1) is 11.6 Å². The van der Waals surface area contributed by atoms with Crippen molar-refractivity contribution in [2.24, 2.45) is 5.92 Å². The molecule has 124 valence electrons. The Bertz CT molecular complexity index is 797. The molecule has 24 heavy (non-hydrogen) atoms. The number of hydrogen-bond acceptors (Lipinski definition) is 3. The van der Waals surface area contributed by atoms with E-state index >= 15 is 0 Å². The van der Waals surface area contributed by atoms with E-state index in [-0.39, 0.29) is 12.5 Å². The number of nitrogens with zero attached hydrogens (tertiary/aromatic N) is 3. The number of hydrogen-bond donors (Lipinski definition) is 1. The zero-order valence-electron chi connectivity index (χ0n) is 13.3. The third-order valence-corrected chi connectivity index (χ3v) is 4.96. The highest BCUT2D eigenvalue weighted by Gasteiger charge is 2.35. The molecule has 2 heterocycles. The number of carboxylic acid groups (broad SMARTS) is 1. The minimum absolute atomic E-state index is 0.133. The molecule has 0 radical (unpaired) electrons. The first-order valence-corrected chi connectivity index (χ1v) is 8.33. The van der Waals surface area contributed by atoms with Crippen LogP contribution >= 0.6 is 0 Å². The van der Waals surface area contributed by atoms with Gasteiger partial charge in [0.25, 0.3) is 5.91 Å². The first-order valence-electron chi connectivity index (χ1n) is 8.33. The molecule has 1 amide bonds. The Labute approximate surface area is 139 Å². The van der Waals surface area contributed by atoms with E-state index in [1.54, 1.807) is 4.90 Å². The van der Waals surface area contributed by atoms with Crippen LogP contribution in [0.3, 0.4) is 0 Å². The van der Waals surface area contributed by atoms with E-state index in [2.05, 4.69) is 5.10 Å². The topological polar surface area (TPSA) is 75.4 Å². The molecule has 1 aliphatic carbocycles. The number of benzene rings is 1. The average Bonchev–Trinajstić information content (AvgIpc) is 3.31. The molecule has 1 saturated heterocycles. The van der Waals surface area contributed by atoms with Crippen molar-refractivity contribution >= 4 is 11.9 Å². The van der Waals surface area contributed by atoms with Gasteiger partial charge in [-0.15, -0.1) is 0 Å². The maximum absolute atomic E-state index is 12.9. The number of aromatic nitrogens is 2. The number of carboxylic acids is 1. The molecule has 0 bridgehead atoms. The fourth-order valence-corrected chi connectivity index (χ4v) is 3.69. The van der Waals surface area contributed by atoms with Crippen molar-refractivity contribution in [3.05, 3.63) is 47.3 Å². The average molecular weight is 325 g/mol. The summed E-state index contributed by atoms with van der Waals surface area (Å²) in [6.45, 7) is 0.768. The number of para-hydroxylation sites is 1. The van der Waals surface area contributed by atoms with Crippen LogP contribution in [0, 0.1) is 5.92 Å². The van der Waals surface area contributed by atoms with Crippen molar-refractivity contribution in [1.29, 1.82) is 0 Å². The minimum atomic E-state index is -0.828. The van der Waals surface area contributed by atoms with Crippen molar-refractivity contribution in [3.63, 3.8) is 0 Å². The molecular formula is C18H19N3O3. The number of fused-ring (bicyclic) bond motifs is 1. The van der Waals surface area contributed by atoms with E-state index in [1.165, 1.54) is 0 Å². The summed E-state index contributed by atoms with van der Waals surface area (Å²) in [6, 6.07) is 9.83. The van der Waals surface area contributed by atoms with Gasteiger partial charge < -0.3 is 10.0 Å². The second-order valence-corrected chi connectivity index (χ2v) is 6.45. The number of likely N-dealkylation sites (tertiary alicyclic amines) is 1. The first kappa shape index (κ1) is 14.9. The quantitative estimate of drug-likeness (QED) is 0.935. The zero-order chi connectivity index (χ0) is 16.7. The van der Waals surface area contributed by atoms with Gasteiger partial charge in [0.15, 0.2) is 5.69 Å². The van der Waals surface area contributed by atoms with E-state index in [4.69, 9.17) is 5.11 Å². The highest BCUT2D eigenvalue weighted by molar-refractivity contribution is 5.95. The lowest BCUT2D eigenvalue weighted by atomic mass is 10.1. The van der Waals surface area contributed by atoms with Crippen molar-refractivity contribution in [2.75, 3.05) is 13.1 Å². The van der Waals surface area contributed by atoms with Gasteiger partial charge in [0, 0.05) is 24.3 Å². The van der Waals surface area contributed by atoms with Crippen LogP contribution in [0.1, 0.15) is 34.6 Å². The van der Waals surface area contributed by atoms with Gasteiger partial charge in [-0.2, -0.15) is 5.10 Å². The number of amides is 1. The molecule has 1 atom stereocenters. The Kier molecular flexibility index (Phi) is 3.59. The lowest BCUT2D eigenvalue weighted by molar-refractivity contribution is -0.141. The van der Waals surface area contributed by atoms with Crippen molar-refractivity contribution < 1.29 is 14.7 Å². The van der Waals surface area contributed by atoms with Crippen LogP contribution in [0.4, 0.5) is 0 Å². The molecule has 1 aromatic carbocycles. The molecule has 2 aliphatic rings. The predicted molar refractivity (Wildman–Crippen MR) is 87.2 cm³/mol.